The van der Waals surface area contributed by atoms with Crippen LogP contribution in [0, 0.1) is 13.8 Å². The smallest absolute Gasteiger partial charge is 0.350 e. The minimum absolute atomic E-state index is 0.109. The number of thiazole rings is 1. The zero-order chi connectivity index (χ0) is 29.1. The lowest BCUT2D eigenvalue weighted by Gasteiger charge is -2.22. The standard InChI is InChI=1S/C31H27N3O6S/c1-4-39-30(38)28-19(3)33-31(41-28)34-25(22-9-6-14-32-16-22)24(27(36)29(34)37)26(35)21-10-12-23(13-11-21)40-17-20-8-5-7-18(2)15-20/h5-16,25,35H,4,17H2,1-3H3/b26-24+. The molecule has 10 heteroatoms. The van der Waals surface area contributed by atoms with Crippen LogP contribution in [0.3, 0.4) is 0 Å². The first-order valence-corrected chi connectivity index (χ1v) is 13.7. The molecule has 1 N–H and O–H groups in total. The van der Waals surface area contributed by atoms with Crippen LogP contribution in [-0.4, -0.2) is 39.3 Å². The third kappa shape index (κ3) is 5.59. The number of Topliss-reactive ketones (excluding diaryl/α,β-unsaturated/α-hetero) is 1. The Morgan fingerprint density at radius 2 is 1.85 bits per heavy atom. The summed E-state index contributed by atoms with van der Waals surface area (Å²) in [4.78, 5) is 49.2. The predicted octanol–water partition coefficient (Wildman–Crippen LogP) is 5.54. The van der Waals surface area contributed by atoms with Gasteiger partial charge < -0.3 is 14.6 Å². The van der Waals surface area contributed by atoms with Gasteiger partial charge in [0.2, 0.25) is 0 Å². The molecule has 1 saturated heterocycles. The van der Waals surface area contributed by atoms with E-state index in [-0.39, 0.29) is 27.9 Å². The van der Waals surface area contributed by atoms with E-state index in [1.165, 1.54) is 11.1 Å². The molecule has 0 aliphatic carbocycles. The molecule has 1 amide bonds. The highest BCUT2D eigenvalue weighted by Gasteiger charge is 2.48. The average Bonchev–Trinajstić information content (AvgIpc) is 3.48. The van der Waals surface area contributed by atoms with Gasteiger partial charge in [0.1, 0.15) is 23.0 Å². The van der Waals surface area contributed by atoms with Crippen LogP contribution >= 0.6 is 11.3 Å². The first kappa shape index (κ1) is 27.7. The van der Waals surface area contributed by atoms with Crippen molar-refractivity contribution in [2.24, 2.45) is 0 Å². The highest BCUT2D eigenvalue weighted by atomic mass is 32.1. The number of esters is 1. The third-order valence-corrected chi connectivity index (χ3v) is 7.65. The fourth-order valence-corrected chi connectivity index (χ4v) is 5.57. The van der Waals surface area contributed by atoms with Crippen LogP contribution in [0.25, 0.3) is 5.76 Å². The Bertz CT molecular complexity index is 1650. The topological polar surface area (TPSA) is 119 Å². The van der Waals surface area contributed by atoms with Crippen LogP contribution in [0.5, 0.6) is 5.75 Å². The zero-order valence-electron chi connectivity index (χ0n) is 22.7. The van der Waals surface area contributed by atoms with Gasteiger partial charge in [-0.05, 0) is 62.2 Å². The molecule has 1 aliphatic heterocycles. The molecule has 0 saturated carbocycles. The predicted molar refractivity (Wildman–Crippen MR) is 154 cm³/mol. The molecule has 9 nitrogen and oxygen atoms in total. The molecule has 208 valence electrons. The summed E-state index contributed by atoms with van der Waals surface area (Å²) in [5.41, 5.74) is 3.26. The fraction of sp³-hybridized carbons (Fsp3) is 0.194. The van der Waals surface area contributed by atoms with Crippen molar-refractivity contribution >= 4 is 39.9 Å². The van der Waals surface area contributed by atoms with Crippen molar-refractivity contribution < 1.29 is 29.0 Å². The van der Waals surface area contributed by atoms with Gasteiger partial charge in [0, 0.05) is 18.0 Å². The van der Waals surface area contributed by atoms with E-state index in [4.69, 9.17) is 9.47 Å². The van der Waals surface area contributed by atoms with Crippen LogP contribution < -0.4 is 9.64 Å². The molecular weight excluding hydrogens is 542 g/mol. The van der Waals surface area contributed by atoms with Gasteiger partial charge in [0.25, 0.3) is 5.78 Å². The van der Waals surface area contributed by atoms with Crippen LogP contribution in [0.15, 0.2) is 78.6 Å². The second-order valence-electron chi connectivity index (χ2n) is 9.39. The highest BCUT2D eigenvalue weighted by molar-refractivity contribution is 7.17. The second kappa shape index (κ2) is 11.7. The number of rotatable bonds is 8. The van der Waals surface area contributed by atoms with Gasteiger partial charge in [0.15, 0.2) is 5.13 Å². The monoisotopic (exact) mass is 569 g/mol. The van der Waals surface area contributed by atoms with E-state index in [9.17, 15) is 19.5 Å². The molecule has 1 unspecified atom stereocenters. The van der Waals surface area contributed by atoms with Crippen molar-refractivity contribution in [2.45, 2.75) is 33.4 Å². The lowest BCUT2D eigenvalue weighted by Crippen LogP contribution is -2.29. The molecule has 0 spiro atoms. The maximum Gasteiger partial charge on any atom is 0.350 e. The quantitative estimate of drug-likeness (QED) is 0.127. The van der Waals surface area contributed by atoms with Crippen LogP contribution in [0.4, 0.5) is 5.13 Å². The Morgan fingerprint density at radius 3 is 2.54 bits per heavy atom. The van der Waals surface area contributed by atoms with Crippen molar-refractivity contribution in [1.82, 2.24) is 9.97 Å². The first-order valence-electron chi connectivity index (χ1n) is 12.9. The van der Waals surface area contributed by atoms with Gasteiger partial charge in [-0.3, -0.25) is 19.5 Å². The Morgan fingerprint density at radius 1 is 1.07 bits per heavy atom. The molecular formula is C31H27N3O6S. The number of anilines is 1. The minimum atomic E-state index is -1.01. The maximum absolute atomic E-state index is 13.4. The minimum Gasteiger partial charge on any atom is -0.507 e. The lowest BCUT2D eigenvalue weighted by molar-refractivity contribution is -0.132. The molecule has 4 aromatic rings. The van der Waals surface area contributed by atoms with Gasteiger partial charge in [-0.1, -0.05) is 47.2 Å². The fourth-order valence-electron chi connectivity index (χ4n) is 4.59. The zero-order valence-corrected chi connectivity index (χ0v) is 23.5. The number of carbonyl (C=O) groups is 3. The van der Waals surface area contributed by atoms with Gasteiger partial charge in [0.05, 0.1) is 23.9 Å². The van der Waals surface area contributed by atoms with E-state index in [0.29, 0.717) is 29.2 Å². The highest BCUT2D eigenvalue weighted by Crippen LogP contribution is 2.43. The van der Waals surface area contributed by atoms with Crippen molar-refractivity contribution in [3.8, 4) is 5.75 Å². The number of nitrogens with zero attached hydrogens (tertiary/aromatic N) is 3. The van der Waals surface area contributed by atoms with E-state index in [0.717, 1.165) is 22.5 Å². The van der Waals surface area contributed by atoms with E-state index in [2.05, 4.69) is 9.97 Å². The molecule has 1 atom stereocenters. The van der Waals surface area contributed by atoms with Gasteiger partial charge in [-0.25, -0.2) is 9.78 Å². The number of aliphatic hydroxyl groups excluding tert-OH is 1. The van der Waals surface area contributed by atoms with E-state index in [1.54, 1.807) is 56.4 Å². The number of pyridine rings is 1. The summed E-state index contributed by atoms with van der Waals surface area (Å²) in [5, 5.41) is 11.5. The van der Waals surface area contributed by atoms with Crippen molar-refractivity contribution in [3.63, 3.8) is 0 Å². The van der Waals surface area contributed by atoms with Crippen molar-refractivity contribution in [3.05, 3.63) is 111 Å². The Hall–Kier alpha value is -4.83. The number of aryl methyl sites for hydroxylation is 2. The number of ketones is 1. The molecule has 5 rings (SSSR count). The van der Waals surface area contributed by atoms with Crippen LogP contribution in [0.2, 0.25) is 0 Å². The molecule has 2 aromatic carbocycles. The number of hydrogen-bond acceptors (Lipinski definition) is 9. The summed E-state index contributed by atoms with van der Waals surface area (Å²) in [6, 6.07) is 17.0. The third-order valence-electron chi connectivity index (χ3n) is 6.51. The summed E-state index contributed by atoms with van der Waals surface area (Å²) in [6.45, 7) is 5.89. The number of hydrogen-bond donors (Lipinski definition) is 1. The van der Waals surface area contributed by atoms with Crippen molar-refractivity contribution in [1.29, 1.82) is 0 Å². The van der Waals surface area contributed by atoms with Crippen LogP contribution in [0.1, 0.15) is 50.6 Å². The molecule has 1 fully saturated rings. The number of ether oxygens (including phenoxy) is 2. The van der Waals surface area contributed by atoms with E-state index >= 15 is 0 Å². The molecule has 0 radical (unpaired) electrons. The molecule has 2 aromatic heterocycles. The van der Waals surface area contributed by atoms with Gasteiger partial charge in [-0.15, -0.1) is 0 Å². The Balaban J connectivity index is 1.50. The summed E-state index contributed by atoms with van der Waals surface area (Å²) in [5.74, 6) is -2.07. The summed E-state index contributed by atoms with van der Waals surface area (Å²) < 4.78 is 11.0. The van der Waals surface area contributed by atoms with Crippen molar-refractivity contribution in [2.75, 3.05) is 11.5 Å². The van der Waals surface area contributed by atoms with Crippen LogP contribution in [-0.2, 0) is 20.9 Å². The SMILES string of the molecule is CCOC(=O)c1sc(N2C(=O)C(=O)/C(=C(/O)c3ccc(OCc4cccc(C)c4)cc3)C2c2cccnc2)nc1C. The lowest BCUT2D eigenvalue weighted by atomic mass is 9.96. The molecule has 0 bridgehead atoms. The van der Waals surface area contributed by atoms with E-state index < -0.39 is 23.7 Å². The maximum atomic E-state index is 13.4. The number of aromatic nitrogens is 2. The van der Waals surface area contributed by atoms with Gasteiger partial charge in [-0.2, -0.15) is 0 Å². The number of aliphatic hydroxyl groups is 1. The Labute approximate surface area is 240 Å². The number of carbonyl (C=O) groups excluding carboxylic acids is 3. The Kier molecular flexibility index (Phi) is 7.93. The molecule has 3 heterocycles. The summed E-state index contributed by atoms with van der Waals surface area (Å²) in [7, 11) is 0. The van der Waals surface area contributed by atoms with Gasteiger partial charge >= 0.3 is 11.9 Å². The molecule has 41 heavy (non-hydrogen) atoms. The summed E-state index contributed by atoms with van der Waals surface area (Å²) in [6.07, 6.45) is 3.09. The molecule has 1 aliphatic rings. The number of benzene rings is 2. The first-order chi connectivity index (χ1) is 19.8. The average molecular weight is 570 g/mol. The van der Waals surface area contributed by atoms with E-state index in [1.807, 2.05) is 31.2 Å². The normalized spacial score (nSPS) is 16.2. The largest absolute Gasteiger partial charge is 0.507 e. The second-order valence-corrected chi connectivity index (χ2v) is 10.4. The summed E-state index contributed by atoms with van der Waals surface area (Å²) >= 11 is 0.951. The number of amides is 1.